The molecule has 0 aliphatic heterocycles. The molecule has 0 saturated heterocycles. The van der Waals surface area contributed by atoms with Gasteiger partial charge in [-0.2, -0.15) is 0 Å². The molecular formula is C14H8Cl5NO3. The molecule has 0 N–H and O–H groups in total. The molecule has 0 amide bonds. The summed E-state index contributed by atoms with van der Waals surface area (Å²) >= 11 is 30.6. The van der Waals surface area contributed by atoms with E-state index in [1.807, 2.05) is 0 Å². The first kappa shape index (κ1) is 18.4. The van der Waals surface area contributed by atoms with Gasteiger partial charge < -0.3 is 9.47 Å². The summed E-state index contributed by atoms with van der Waals surface area (Å²) in [4.78, 5) is 15.6. The van der Waals surface area contributed by atoms with Crippen molar-refractivity contribution in [3.8, 4) is 17.0 Å². The standard InChI is InChI=1S/C14H8Cl5NO3/c1-22-13-5(3-4-6(20-13)14(21)23-2)7-8(15)10(17)12(19)11(18)9(7)16/h3-4H,1-2H3. The lowest BCUT2D eigenvalue weighted by Gasteiger charge is -2.15. The number of halogens is 5. The van der Waals surface area contributed by atoms with E-state index in [4.69, 9.17) is 62.7 Å². The molecule has 0 aliphatic carbocycles. The summed E-state index contributed by atoms with van der Waals surface area (Å²) in [5, 5.41) is 0.341. The molecule has 0 aliphatic rings. The summed E-state index contributed by atoms with van der Waals surface area (Å²) in [7, 11) is 2.63. The van der Waals surface area contributed by atoms with Gasteiger partial charge in [0.1, 0.15) is 0 Å². The first-order valence-electron chi connectivity index (χ1n) is 5.98. The van der Waals surface area contributed by atoms with Crippen molar-refractivity contribution in [2.24, 2.45) is 0 Å². The summed E-state index contributed by atoms with van der Waals surface area (Å²) in [6, 6.07) is 2.98. The molecule has 122 valence electrons. The zero-order chi connectivity index (χ0) is 17.3. The first-order chi connectivity index (χ1) is 10.8. The van der Waals surface area contributed by atoms with E-state index in [1.54, 1.807) is 6.07 Å². The van der Waals surface area contributed by atoms with E-state index < -0.39 is 5.97 Å². The van der Waals surface area contributed by atoms with Crippen LogP contribution in [0.5, 0.6) is 5.88 Å². The Bertz CT molecular complexity index is 765. The van der Waals surface area contributed by atoms with Gasteiger partial charge in [0.2, 0.25) is 5.88 Å². The Morgan fingerprint density at radius 1 is 0.913 bits per heavy atom. The smallest absolute Gasteiger partial charge is 0.356 e. The van der Waals surface area contributed by atoms with Crippen LogP contribution in [0.2, 0.25) is 25.1 Å². The highest BCUT2D eigenvalue weighted by atomic mass is 35.5. The van der Waals surface area contributed by atoms with Crippen LogP contribution >= 0.6 is 58.0 Å². The molecule has 0 fully saturated rings. The quantitative estimate of drug-likeness (QED) is 0.361. The van der Waals surface area contributed by atoms with Crippen LogP contribution in [0.25, 0.3) is 11.1 Å². The third kappa shape index (κ3) is 3.32. The topological polar surface area (TPSA) is 48.4 Å². The van der Waals surface area contributed by atoms with Gasteiger partial charge in [-0.1, -0.05) is 58.0 Å². The zero-order valence-electron chi connectivity index (χ0n) is 11.7. The average molecular weight is 415 g/mol. The predicted octanol–water partition coefficient (Wildman–Crippen LogP) is 5.81. The highest BCUT2D eigenvalue weighted by Crippen LogP contribution is 2.49. The lowest BCUT2D eigenvalue weighted by Crippen LogP contribution is -2.06. The molecular weight excluding hydrogens is 407 g/mol. The maximum atomic E-state index is 11.6. The van der Waals surface area contributed by atoms with Crippen LogP contribution in [0.15, 0.2) is 12.1 Å². The van der Waals surface area contributed by atoms with Crippen LogP contribution in [0.4, 0.5) is 0 Å². The molecule has 1 aromatic carbocycles. The van der Waals surface area contributed by atoms with Gasteiger partial charge >= 0.3 is 5.97 Å². The van der Waals surface area contributed by atoms with Crippen LogP contribution in [-0.4, -0.2) is 25.2 Å². The number of rotatable bonds is 3. The van der Waals surface area contributed by atoms with Crippen LogP contribution in [0.3, 0.4) is 0 Å². The molecule has 1 heterocycles. The van der Waals surface area contributed by atoms with Gasteiger partial charge in [0, 0.05) is 11.1 Å². The number of pyridine rings is 1. The maximum Gasteiger partial charge on any atom is 0.356 e. The van der Waals surface area contributed by atoms with E-state index in [0.717, 1.165) is 0 Å². The third-order valence-corrected chi connectivity index (χ3v) is 5.20. The van der Waals surface area contributed by atoms with E-state index in [0.29, 0.717) is 11.1 Å². The number of hydrogen-bond acceptors (Lipinski definition) is 4. The Morgan fingerprint density at radius 2 is 1.43 bits per heavy atom. The number of esters is 1. The number of methoxy groups -OCH3 is 2. The van der Waals surface area contributed by atoms with Crippen LogP contribution < -0.4 is 4.74 Å². The average Bonchev–Trinajstić information content (AvgIpc) is 2.57. The normalized spacial score (nSPS) is 10.6. The van der Waals surface area contributed by atoms with Crippen molar-refractivity contribution in [2.45, 2.75) is 0 Å². The number of carbonyl (C=O) groups is 1. The monoisotopic (exact) mass is 413 g/mol. The van der Waals surface area contributed by atoms with E-state index in [-0.39, 0.29) is 36.7 Å². The highest BCUT2D eigenvalue weighted by Gasteiger charge is 2.24. The second kappa shape index (κ2) is 7.32. The molecule has 2 aromatic rings. The number of aromatic nitrogens is 1. The summed E-state index contributed by atoms with van der Waals surface area (Å²) in [5.41, 5.74) is 0.760. The number of carbonyl (C=O) groups excluding carboxylic acids is 1. The van der Waals surface area contributed by atoms with Crippen molar-refractivity contribution in [2.75, 3.05) is 14.2 Å². The number of benzene rings is 1. The first-order valence-corrected chi connectivity index (χ1v) is 7.87. The lowest BCUT2D eigenvalue weighted by atomic mass is 10.1. The van der Waals surface area contributed by atoms with Crippen molar-refractivity contribution >= 4 is 64.0 Å². The molecule has 0 unspecified atom stereocenters. The van der Waals surface area contributed by atoms with Crippen LogP contribution in [0, 0.1) is 0 Å². The summed E-state index contributed by atoms with van der Waals surface area (Å²) in [5.74, 6) is -0.509. The number of hydrogen-bond donors (Lipinski definition) is 0. The zero-order valence-corrected chi connectivity index (χ0v) is 15.5. The predicted molar refractivity (Wildman–Crippen MR) is 92.6 cm³/mol. The molecule has 23 heavy (non-hydrogen) atoms. The fourth-order valence-corrected chi connectivity index (χ4v) is 3.19. The summed E-state index contributed by atoms with van der Waals surface area (Å²) in [6.07, 6.45) is 0. The fourth-order valence-electron chi connectivity index (χ4n) is 1.85. The van der Waals surface area contributed by atoms with Crippen LogP contribution in [-0.2, 0) is 4.74 Å². The van der Waals surface area contributed by atoms with Gasteiger partial charge in [-0.3, -0.25) is 0 Å². The van der Waals surface area contributed by atoms with E-state index in [1.165, 1.54) is 20.3 Å². The molecule has 0 spiro atoms. The molecule has 0 radical (unpaired) electrons. The second-order valence-electron chi connectivity index (χ2n) is 4.19. The van der Waals surface area contributed by atoms with Gasteiger partial charge in [0.15, 0.2) is 5.69 Å². The van der Waals surface area contributed by atoms with E-state index >= 15 is 0 Å². The summed E-state index contributed by atoms with van der Waals surface area (Å²) < 4.78 is 9.81. The van der Waals surface area contributed by atoms with Gasteiger partial charge in [-0.15, -0.1) is 0 Å². The Labute approximate surface area is 157 Å². The molecule has 4 nitrogen and oxygen atoms in total. The van der Waals surface area contributed by atoms with Gasteiger partial charge in [-0.25, -0.2) is 9.78 Å². The van der Waals surface area contributed by atoms with E-state index in [9.17, 15) is 4.79 Å². The molecule has 0 saturated carbocycles. The fraction of sp³-hybridized carbons (Fsp3) is 0.143. The van der Waals surface area contributed by atoms with E-state index in [2.05, 4.69) is 9.72 Å². The Kier molecular flexibility index (Phi) is 5.87. The lowest BCUT2D eigenvalue weighted by molar-refractivity contribution is 0.0593. The van der Waals surface area contributed by atoms with Crippen molar-refractivity contribution in [3.05, 3.63) is 42.9 Å². The van der Waals surface area contributed by atoms with Crippen molar-refractivity contribution < 1.29 is 14.3 Å². The molecule has 1 aromatic heterocycles. The third-order valence-electron chi connectivity index (χ3n) is 2.93. The molecule has 2 rings (SSSR count). The number of ether oxygens (including phenoxy) is 2. The van der Waals surface area contributed by atoms with Crippen molar-refractivity contribution in [1.82, 2.24) is 4.98 Å². The largest absolute Gasteiger partial charge is 0.481 e. The Balaban J connectivity index is 2.75. The minimum absolute atomic E-state index is 0.0465. The second-order valence-corrected chi connectivity index (χ2v) is 6.08. The highest BCUT2D eigenvalue weighted by molar-refractivity contribution is 6.56. The van der Waals surface area contributed by atoms with Crippen LogP contribution in [0.1, 0.15) is 10.5 Å². The van der Waals surface area contributed by atoms with Crippen molar-refractivity contribution in [1.29, 1.82) is 0 Å². The van der Waals surface area contributed by atoms with Gasteiger partial charge in [-0.05, 0) is 12.1 Å². The Morgan fingerprint density at radius 3 is 1.91 bits per heavy atom. The van der Waals surface area contributed by atoms with Gasteiger partial charge in [0.25, 0.3) is 0 Å². The molecule has 0 bridgehead atoms. The maximum absolute atomic E-state index is 11.6. The number of nitrogens with zero attached hydrogens (tertiary/aromatic N) is 1. The SMILES string of the molecule is COC(=O)c1ccc(-c2c(Cl)c(Cl)c(Cl)c(Cl)c2Cl)c(OC)n1. The van der Waals surface area contributed by atoms with Gasteiger partial charge in [0.05, 0.1) is 39.3 Å². The Hall–Kier alpha value is -0.910. The molecule has 0 atom stereocenters. The minimum atomic E-state index is -0.612. The minimum Gasteiger partial charge on any atom is -0.481 e. The van der Waals surface area contributed by atoms with Crippen molar-refractivity contribution in [3.63, 3.8) is 0 Å². The molecule has 9 heteroatoms. The summed E-state index contributed by atoms with van der Waals surface area (Å²) in [6.45, 7) is 0.